The molecule has 5 heteroatoms. The van der Waals surface area contributed by atoms with Crippen molar-refractivity contribution in [3.8, 4) is 0 Å². The van der Waals surface area contributed by atoms with Gasteiger partial charge in [-0.2, -0.15) is 0 Å². The van der Waals surface area contributed by atoms with Crippen LogP contribution in [0.2, 0.25) is 0 Å². The van der Waals surface area contributed by atoms with Gasteiger partial charge in [-0.15, -0.1) is 0 Å². The van der Waals surface area contributed by atoms with Gasteiger partial charge in [-0.1, -0.05) is 30.3 Å². The van der Waals surface area contributed by atoms with Crippen LogP contribution in [-0.4, -0.2) is 60.0 Å². The second kappa shape index (κ2) is 7.63. The third-order valence-electron chi connectivity index (χ3n) is 6.51. The Labute approximate surface area is 161 Å². The van der Waals surface area contributed by atoms with Crippen molar-refractivity contribution < 1.29 is 14.3 Å². The molecule has 3 aliphatic rings. The first-order valence-corrected chi connectivity index (χ1v) is 10.3. The van der Waals surface area contributed by atoms with Crippen LogP contribution in [0.25, 0.3) is 0 Å². The first-order chi connectivity index (χ1) is 13.1. The zero-order chi connectivity index (χ0) is 18.9. The molecule has 0 bridgehead atoms. The second-order valence-corrected chi connectivity index (χ2v) is 8.27. The van der Waals surface area contributed by atoms with Gasteiger partial charge in [-0.25, -0.2) is 0 Å². The van der Waals surface area contributed by atoms with Gasteiger partial charge in [0.1, 0.15) is 0 Å². The number of carbonyl (C=O) groups excluding carboxylic acids is 2. The zero-order valence-corrected chi connectivity index (χ0v) is 16.2. The molecule has 5 nitrogen and oxygen atoms in total. The number of amides is 2. The second-order valence-electron chi connectivity index (χ2n) is 8.27. The quantitative estimate of drug-likeness (QED) is 0.819. The fourth-order valence-corrected chi connectivity index (χ4v) is 4.95. The van der Waals surface area contributed by atoms with E-state index in [4.69, 9.17) is 4.74 Å². The number of piperidine rings is 1. The van der Waals surface area contributed by atoms with Gasteiger partial charge in [0.15, 0.2) is 0 Å². The van der Waals surface area contributed by atoms with Crippen molar-refractivity contribution in [2.24, 2.45) is 0 Å². The van der Waals surface area contributed by atoms with Gasteiger partial charge in [0, 0.05) is 45.3 Å². The molecule has 1 unspecified atom stereocenters. The van der Waals surface area contributed by atoms with E-state index < -0.39 is 0 Å². The fraction of sp³-hybridized carbons (Fsp3) is 0.636. The molecule has 4 rings (SSSR count). The molecule has 2 aliphatic heterocycles. The number of benzene rings is 1. The summed E-state index contributed by atoms with van der Waals surface area (Å²) in [4.78, 5) is 29.9. The molecule has 0 aromatic heterocycles. The average molecular weight is 370 g/mol. The lowest BCUT2D eigenvalue weighted by Crippen LogP contribution is -2.56. The molecule has 1 saturated carbocycles. The molecule has 146 valence electrons. The normalized spacial score (nSPS) is 25.1. The molecule has 1 aromatic rings. The van der Waals surface area contributed by atoms with Gasteiger partial charge in [-0.05, 0) is 44.1 Å². The molecule has 0 radical (unpaired) electrons. The van der Waals surface area contributed by atoms with E-state index in [-0.39, 0.29) is 29.3 Å². The number of hydrogen-bond acceptors (Lipinski definition) is 3. The highest BCUT2D eigenvalue weighted by molar-refractivity contribution is 5.91. The Hall–Kier alpha value is -1.88. The van der Waals surface area contributed by atoms with Crippen LogP contribution in [0, 0.1) is 0 Å². The molecule has 1 atom stereocenters. The van der Waals surface area contributed by atoms with Gasteiger partial charge < -0.3 is 14.5 Å². The van der Waals surface area contributed by atoms with Crippen LogP contribution in [0.15, 0.2) is 30.3 Å². The summed E-state index contributed by atoms with van der Waals surface area (Å²) in [7, 11) is 0. The van der Waals surface area contributed by atoms with Crippen LogP contribution in [-0.2, 0) is 19.7 Å². The highest BCUT2D eigenvalue weighted by atomic mass is 16.5. The Morgan fingerprint density at radius 1 is 1.07 bits per heavy atom. The van der Waals surface area contributed by atoms with Crippen molar-refractivity contribution >= 4 is 11.8 Å². The summed E-state index contributed by atoms with van der Waals surface area (Å²) in [6.07, 6.45) is 5.63. The van der Waals surface area contributed by atoms with E-state index in [0.717, 1.165) is 63.8 Å². The Bertz CT molecular complexity index is 680. The smallest absolute Gasteiger partial charge is 0.233 e. The van der Waals surface area contributed by atoms with Crippen molar-refractivity contribution in [3.05, 3.63) is 35.9 Å². The van der Waals surface area contributed by atoms with Crippen molar-refractivity contribution in [3.63, 3.8) is 0 Å². The molecule has 1 aromatic carbocycles. The monoisotopic (exact) mass is 370 g/mol. The lowest BCUT2D eigenvalue weighted by Gasteiger charge is -2.44. The molecule has 2 heterocycles. The maximum atomic E-state index is 13.4. The molecule has 27 heavy (non-hydrogen) atoms. The van der Waals surface area contributed by atoms with Crippen LogP contribution in [0.4, 0.5) is 0 Å². The van der Waals surface area contributed by atoms with Crippen LogP contribution >= 0.6 is 0 Å². The zero-order valence-electron chi connectivity index (χ0n) is 16.2. The number of rotatable bonds is 4. The van der Waals surface area contributed by atoms with Crippen LogP contribution < -0.4 is 0 Å². The Kier molecular flexibility index (Phi) is 5.22. The predicted molar refractivity (Wildman–Crippen MR) is 103 cm³/mol. The Balaban J connectivity index is 1.49. The maximum absolute atomic E-state index is 13.4. The molecule has 3 fully saturated rings. The van der Waals surface area contributed by atoms with Crippen molar-refractivity contribution in [2.75, 3.05) is 26.3 Å². The van der Waals surface area contributed by atoms with Gasteiger partial charge in [0.25, 0.3) is 0 Å². The van der Waals surface area contributed by atoms with Crippen molar-refractivity contribution in [2.45, 2.75) is 62.9 Å². The number of hydrogen-bond donors (Lipinski definition) is 0. The van der Waals surface area contributed by atoms with Gasteiger partial charge in [-0.3, -0.25) is 9.59 Å². The molecule has 2 amide bonds. The average Bonchev–Trinajstić information content (AvgIpc) is 3.51. The summed E-state index contributed by atoms with van der Waals surface area (Å²) in [6.45, 7) is 4.60. The molecular weight excluding hydrogens is 340 g/mol. The first-order valence-electron chi connectivity index (χ1n) is 10.3. The minimum atomic E-state index is -0.317. The Morgan fingerprint density at radius 2 is 1.78 bits per heavy atom. The molecule has 0 N–H and O–H groups in total. The fourth-order valence-electron chi connectivity index (χ4n) is 4.95. The first kappa shape index (κ1) is 18.5. The van der Waals surface area contributed by atoms with E-state index in [9.17, 15) is 9.59 Å². The molecule has 1 aliphatic carbocycles. The highest BCUT2D eigenvalue weighted by Crippen LogP contribution is 2.49. The molecule has 0 spiro atoms. The van der Waals surface area contributed by atoms with E-state index in [1.54, 1.807) is 6.92 Å². The summed E-state index contributed by atoms with van der Waals surface area (Å²) < 4.78 is 5.48. The topological polar surface area (TPSA) is 49.9 Å². The van der Waals surface area contributed by atoms with Gasteiger partial charge in [0.05, 0.1) is 5.41 Å². The standard InChI is InChI=1S/C22H30N2O3/c1-17(25)24(19-9-14-27-15-10-19)20-8-5-13-23(16-20)21(26)22(11-12-22)18-6-3-2-4-7-18/h2-4,6-7,19-20H,5,8-16H2,1H3. The molecular formula is C22H30N2O3. The minimum Gasteiger partial charge on any atom is -0.381 e. The summed E-state index contributed by atoms with van der Waals surface area (Å²) in [6, 6.07) is 10.6. The van der Waals surface area contributed by atoms with Crippen molar-refractivity contribution in [1.82, 2.24) is 9.80 Å². The van der Waals surface area contributed by atoms with E-state index >= 15 is 0 Å². The molecule has 2 saturated heterocycles. The van der Waals surface area contributed by atoms with Crippen LogP contribution in [0.5, 0.6) is 0 Å². The summed E-state index contributed by atoms with van der Waals surface area (Å²) in [5, 5.41) is 0. The minimum absolute atomic E-state index is 0.130. The van der Waals surface area contributed by atoms with Gasteiger partial charge in [0.2, 0.25) is 11.8 Å². The SMILES string of the molecule is CC(=O)N(C1CCOCC1)C1CCCN(C(=O)C2(c3ccccc3)CC2)C1. The van der Waals surface area contributed by atoms with E-state index in [2.05, 4.69) is 17.0 Å². The van der Waals surface area contributed by atoms with E-state index in [0.29, 0.717) is 6.54 Å². The number of ether oxygens (including phenoxy) is 1. The Morgan fingerprint density at radius 3 is 2.41 bits per heavy atom. The predicted octanol–water partition coefficient (Wildman–Crippen LogP) is 2.74. The summed E-state index contributed by atoms with van der Waals surface area (Å²) >= 11 is 0. The number of carbonyl (C=O) groups is 2. The third kappa shape index (κ3) is 3.62. The van der Waals surface area contributed by atoms with E-state index in [1.165, 1.54) is 0 Å². The van der Waals surface area contributed by atoms with Gasteiger partial charge >= 0.3 is 0 Å². The number of nitrogens with zero attached hydrogens (tertiary/aromatic N) is 2. The van der Waals surface area contributed by atoms with Crippen LogP contribution in [0.1, 0.15) is 51.0 Å². The lowest BCUT2D eigenvalue weighted by molar-refractivity contribution is -0.143. The highest BCUT2D eigenvalue weighted by Gasteiger charge is 2.53. The van der Waals surface area contributed by atoms with Crippen molar-refractivity contribution in [1.29, 1.82) is 0 Å². The third-order valence-corrected chi connectivity index (χ3v) is 6.51. The lowest BCUT2D eigenvalue weighted by atomic mass is 9.92. The number of likely N-dealkylation sites (tertiary alicyclic amines) is 1. The summed E-state index contributed by atoms with van der Waals surface area (Å²) in [5.74, 6) is 0.388. The summed E-state index contributed by atoms with van der Waals surface area (Å²) in [5.41, 5.74) is 0.827. The van der Waals surface area contributed by atoms with E-state index in [1.807, 2.05) is 23.1 Å². The maximum Gasteiger partial charge on any atom is 0.233 e. The van der Waals surface area contributed by atoms with Crippen LogP contribution in [0.3, 0.4) is 0 Å². The largest absolute Gasteiger partial charge is 0.381 e.